The molecule has 0 N–H and O–H groups in total. The summed E-state index contributed by atoms with van der Waals surface area (Å²) in [5.41, 5.74) is 1.60. The first-order valence-electron chi connectivity index (χ1n) is 22.3. The van der Waals surface area contributed by atoms with E-state index in [1.165, 1.54) is 0 Å². The number of fused-ring (bicyclic) bond motifs is 6. The molecule has 0 amide bonds. The first-order valence-corrected chi connectivity index (χ1v) is 15.8. The molecule has 228 valence electrons. The highest BCUT2D eigenvalue weighted by atomic mass is 16.3. The summed E-state index contributed by atoms with van der Waals surface area (Å²) < 4.78 is 121. The molecule has 9 aromatic carbocycles. The Morgan fingerprint density at radius 1 is 0.367 bits per heavy atom. The van der Waals surface area contributed by atoms with E-state index in [0.29, 0.717) is 21.9 Å². The van der Waals surface area contributed by atoms with Crippen LogP contribution >= 0.6 is 0 Å². The van der Waals surface area contributed by atoms with Crippen LogP contribution in [0.1, 0.15) is 17.8 Å². The fourth-order valence-corrected chi connectivity index (χ4v) is 6.91. The zero-order valence-electron chi connectivity index (χ0n) is 38.7. The van der Waals surface area contributed by atoms with Gasteiger partial charge in [-0.05, 0) is 95.0 Å². The van der Waals surface area contributed by atoms with E-state index < -0.39 is 101 Å². The average molecular weight is 636 g/mol. The van der Waals surface area contributed by atoms with E-state index in [4.69, 9.17) is 16.8 Å². The zero-order chi connectivity index (χ0) is 43.6. The van der Waals surface area contributed by atoms with Crippen molar-refractivity contribution in [1.82, 2.24) is 0 Å². The molecule has 0 radical (unpaired) electrons. The van der Waals surface area contributed by atoms with E-state index in [2.05, 4.69) is 12.1 Å². The van der Waals surface area contributed by atoms with Gasteiger partial charge in [-0.2, -0.15) is 0 Å². The Hall–Kier alpha value is -6.44. The third kappa shape index (κ3) is 4.47. The van der Waals surface area contributed by atoms with Crippen LogP contribution in [0.15, 0.2) is 186 Å². The molecule has 10 rings (SSSR count). The monoisotopic (exact) mass is 635 g/mol. The van der Waals surface area contributed by atoms with Crippen LogP contribution in [0.2, 0.25) is 0 Å². The van der Waals surface area contributed by atoms with Gasteiger partial charge in [-0.15, -0.1) is 0 Å². The zero-order valence-corrected chi connectivity index (χ0v) is 25.7. The van der Waals surface area contributed by atoms with Crippen LogP contribution in [-0.4, -0.2) is 0 Å². The Morgan fingerprint density at radius 3 is 1.45 bits per heavy atom. The summed E-state index contributed by atoms with van der Waals surface area (Å²) in [7, 11) is 0. The molecule has 0 atom stereocenters. The second kappa shape index (κ2) is 11.1. The van der Waals surface area contributed by atoms with Crippen LogP contribution in [0.3, 0.4) is 0 Å². The van der Waals surface area contributed by atoms with E-state index >= 15 is 0 Å². The minimum atomic E-state index is -0.762. The molecule has 10 aromatic rings. The van der Waals surface area contributed by atoms with Crippen molar-refractivity contribution in [2.24, 2.45) is 0 Å². The third-order valence-electron chi connectivity index (χ3n) is 9.06. The lowest BCUT2D eigenvalue weighted by molar-refractivity contribution is 0.669. The van der Waals surface area contributed by atoms with Gasteiger partial charge in [-0.1, -0.05) is 163 Å². The van der Waals surface area contributed by atoms with Crippen LogP contribution in [0.25, 0.3) is 98.8 Å². The highest BCUT2D eigenvalue weighted by Gasteiger charge is 2.20. The van der Waals surface area contributed by atoms with E-state index in [-0.39, 0.29) is 5.56 Å². The lowest BCUT2D eigenvalue weighted by Crippen LogP contribution is -1.91. The quantitative estimate of drug-likeness (QED) is 0.175. The molecule has 0 bridgehead atoms. The summed E-state index contributed by atoms with van der Waals surface area (Å²) in [6.07, 6.45) is 0. The maximum absolute atomic E-state index is 9.49. The van der Waals surface area contributed by atoms with Crippen LogP contribution < -0.4 is 0 Å². The molecule has 0 spiro atoms. The first-order chi connectivity index (χ1) is 29.7. The molecule has 0 unspecified atom stereocenters. The topological polar surface area (TPSA) is 13.1 Å². The Morgan fingerprint density at radius 2 is 0.857 bits per heavy atom. The van der Waals surface area contributed by atoms with Crippen molar-refractivity contribution in [3.05, 3.63) is 182 Å². The minimum Gasteiger partial charge on any atom is -0.456 e. The molecule has 0 saturated heterocycles. The molecule has 1 heterocycles. The van der Waals surface area contributed by atoms with E-state index in [0.717, 1.165) is 49.0 Å². The second-order valence-electron chi connectivity index (χ2n) is 11.8. The summed E-state index contributed by atoms with van der Waals surface area (Å²) >= 11 is 0. The highest BCUT2D eigenvalue weighted by Crippen LogP contribution is 2.47. The molecule has 49 heavy (non-hydrogen) atoms. The van der Waals surface area contributed by atoms with Gasteiger partial charge in [-0.3, -0.25) is 0 Å². The summed E-state index contributed by atoms with van der Waals surface area (Å²) in [6.45, 7) is 0. The first kappa shape index (κ1) is 17.6. The lowest BCUT2D eigenvalue weighted by atomic mass is 9.84. The largest absolute Gasteiger partial charge is 0.456 e. The molecule has 0 aliphatic rings. The molecular formula is C48H30O. The van der Waals surface area contributed by atoms with Crippen LogP contribution in [0.4, 0.5) is 0 Å². The summed E-state index contributed by atoms with van der Waals surface area (Å²) in [6, 6.07) is 24.6. The van der Waals surface area contributed by atoms with E-state index in [1.807, 2.05) is 91.0 Å². The Kier molecular flexibility index (Phi) is 3.99. The Bertz CT molecular complexity index is 3490. The number of benzene rings is 9. The van der Waals surface area contributed by atoms with Crippen molar-refractivity contribution in [2.75, 3.05) is 0 Å². The molecule has 1 nitrogen and oxygen atoms in total. The van der Waals surface area contributed by atoms with E-state index in [9.17, 15) is 5.48 Å². The molecule has 0 aliphatic carbocycles. The van der Waals surface area contributed by atoms with Gasteiger partial charge in [-0.25, -0.2) is 0 Å². The van der Waals surface area contributed by atoms with Crippen LogP contribution in [-0.2, 0) is 0 Å². The summed E-state index contributed by atoms with van der Waals surface area (Å²) in [5, 5.41) is 6.84. The molecule has 0 aliphatic heterocycles. The number of rotatable bonds is 4. The van der Waals surface area contributed by atoms with Gasteiger partial charge in [0.15, 0.2) is 0 Å². The van der Waals surface area contributed by atoms with Gasteiger partial charge in [0.1, 0.15) is 11.2 Å². The van der Waals surface area contributed by atoms with E-state index in [1.54, 1.807) is 0 Å². The highest BCUT2D eigenvalue weighted by molar-refractivity contribution is 6.26. The van der Waals surface area contributed by atoms with Gasteiger partial charge >= 0.3 is 0 Å². The van der Waals surface area contributed by atoms with Crippen molar-refractivity contribution in [3.63, 3.8) is 0 Å². The smallest absolute Gasteiger partial charge is 0.136 e. The van der Waals surface area contributed by atoms with Crippen molar-refractivity contribution in [2.45, 2.75) is 0 Å². The van der Waals surface area contributed by atoms with Crippen LogP contribution in [0, 0.1) is 0 Å². The standard InChI is InChI=1S/C48H30O/c1-2-11-31(12-3-1)32-21-23-33(24-22-32)34-25-27-35(28-26-34)46-38-15-6-8-17-40(38)47(41-18-9-7-16-39(41)46)42-19-10-20-44-48(42)43-29-36-13-4-5-14-37(36)30-45(43)49-44/h1-30H/i1D,2D,3D,11D,12D,21D,22D,23D,24D,25D,26D,27D,28D. The Balaban J connectivity index is 1.24. The summed E-state index contributed by atoms with van der Waals surface area (Å²) in [5.74, 6) is 0. The van der Waals surface area contributed by atoms with Gasteiger partial charge in [0.25, 0.3) is 0 Å². The number of furan rings is 1. The number of hydrogen-bond donors (Lipinski definition) is 0. The molecule has 0 saturated carbocycles. The maximum atomic E-state index is 9.49. The lowest BCUT2D eigenvalue weighted by Gasteiger charge is -2.18. The second-order valence-corrected chi connectivity index (χ2v) is 11.8. The predicted molar refractivity (Wildman–Crippen MR) is 208 cm³/mol. The van der Waals surface area contributed by atoms with Gasteiger partial charge in [0, 0.05) is 10.8 Å². The number of hydrogen-bond acceptors (Lipinski definition) is 1. The Labute approximate surface area is 302 Å². The third-order valence-corrected chi connectivity index (χ3v) is 9.06. The van der Waals surface area contributed by atoms with Crippen LogP contribution in [0.5, 0.6) is 0 Å². The SMILES string of the molecule is [2H]c1c([2H])c([2H])c(-c2c([2H])c([2H])c(-c3c([2H])c([2H])c(-c4c5ccccc5c(-c5cccc6oc7cc8ccccc8cc7c56)c5ccccc45)c([2H])c3[2H])c([2H])c2[2H])c([2H])c1[2H]. The van der Waals surface area contributed by atoms with Gasteiger partial charge in [0.2, 0.25) is 0 Å². The predicted octanol–water partition coefficient (Wildman–Crippen LogP) is 13.7. The van der Waals surface area contributed by atoms with Crippen molar-refractivity contribution in [1.29, 1.82) is 0 Å². The van der Waals surface area contributed by atoms with Gasteiger partial charge in [0.05, 0.1) is 17.8 Å². The maximum Gasteiger partial charge on any atom is 0.136 e. The molecule has 0 fully saturated rings. The fraction of sp³-hybridized carbons (Fsp3) is 0. The van der Waals surface area contributed by atoms with Crippen molar-refractivity contribution >= 4 is 54.3 Å². The average Bonchev–Trinajstić information content (AvgIpc) is 3.65. The fourth-order valence-electron chi connectivity index (χ4n) is 6.91. The summed E-state index contributed by atoms with van der Waals surface area (Å²) in [4.78, 5) is 0. The molecule has 1 heteroatoms. The molecular weight excluding hydrogens is 593 g/mol. The van der Waals surface area contributed by atoms with Crippen molar-refractivity contribution in [3.8, 4) is 44.5 Å². The minimum absolute atomic E-state index is 0.0212. The van der Waals surface area contributed by atoms with Gasteiger partial charge < -0.3 is 4.42 Å². The normalized spacial score (nSPS) is 15.4. The molecule has 1 aromatic heterocycles. The van der Waals surface area contributed by atoms with Crippen molar-refractivity contribution < 1.29 is 22.2 Å².